The Hall–Kier alpha value is -1.89. The van der Waals surface area contributed by atoms with Crippen LogP contribution >= 0.6 is 11.3 Å². The predicted molar refractivity (Wildman–Crippen MR) is 111 cm³/mol. The third kappa shape index (κ3) is 3.37. The molecule has 27 heavy (non-hydrogen) atoms. The zero-order chi connectivity index (χ0) is 18.4. The molecule has 0 amide bonds. The van der Waals surface area contributed by atoms with Crippen molar-refractivity contribution in [2.45, 2.75) is 57.0 Å². The zero-order valence-corrected chi connectivity index (χ0v) is 17.1. The number of fused-ring (bicyclic) bond motifs is 1. The van der Waals surface area contributed by atoms with Crippen LogP contribution in [0, 0.1) is 0 Å². The highest BCUT2D eigenvalue weighted by Gasteiger charge is 2.37. The molecule has 144 valence electrons. The molecular weight excluding hydrogens is 356 g/mol. The van der Waals surface area contributed by atoms with Crippen molar-refractivity contribution in [3.8, 4) is 0 Å². The van der Waals surface area contributed by atoms with Gasteiger partial charge in [-0.15, -0.1) is 11.3 Å². The molecule has 0 aromatic carbocycles. The molecule has 5 rings (SSSR count). The summed E-state index contributed by atoms with van der Waals surface area (Å²) in [6, 6.07) is 3.39. The van der Waals surface area contributed by atoms with Crippen molar-refractivity contribution in [3.05, 3.63) is 23.0 Å². The molecule has 7 heteroatoms. The molecule has 2 aromatic rings. The topological polar surface area (TPSA) is 48.4 Å². The van der Waals surface area contributed by atoms with Gasteiger partial charge in [0.25, 0.3) is 0 Å². The van der Waals surface area contributed by atoms with E-state index in [1.807, 2.05) is 25.4 Å². The lowest BCUT2D eigenvalue weighted by Gasteiger charge is -2.39. The maximum atomic E-state index is 4.93. The highest BCUT2D eigenvalue weighted by Crippen LogP contribution is 2.38. The smallest absolute Gasteiger partial charge is 0.185 e. The monoisotopic (exact) mass is 384 g/mol. The first-order valence-corrected chi connectivity index (χ1v) is 11.0. The van der Waals surface area contributed by atoms with Gasteiger partial charge in [0, 0.05) is 50.2 Å². The predicted octanol–water partition coefficient (Wildman–Crippen LogP) is 3.13. The van der Waals surface area contributed by atoms with Crippen molar-refractivity contribution in [1.29, 1.82) is 0 Å². The van der Waals surface area contributed by atoms with Crippen molar-refractivity contribution in [1.82, 2.24) is 15.0 Å². The third-order valence-corrected chi connectivity index (χ3v) is 7.23. The van der Waals surface area contributed by atoms with E-state index in [-0.39, 0.29) is 0 Å². The first-order valence-electron chi connectivity index (χ1n) is 10.2. The molecule has 2 fully saturated rings. The second-order valence-corrected chi connectivity index (χ2v) is 9.27. The number of anilines is 3. The van der Waals surface area contributed by atoms with E-state index in [0.717, 1.165) is 24.7 Å². The molecule has 0 atom stereocenters. The van der Waals surface area contributed by atoms with Gasteiger partial charge in [-0.1, -0.05) is 0 Å². The summed E-state index contributed by atoms with van der Waals surface area (Å²) in [7, 11) is 4.08. The summed E-state index contributed by atoms with van der Waals surface area (Å²) >= 11 is 1.93. The van der Waals surface area contributed by atoms with Crippen LogP contribution in [-0.4, -0.2) is 54.2 Å². The lowest BCUT2D eigenvalue weighted by molar-refractivity contribution is 0.459. The van der Waals surface area contributed by atoms with E-state index in [2.05, 4.69) is 30.7 Å². The summed E-state index contributed by atoms with van der Waals surface area (Å²) in [5.41, 5.74) is 1.37. The molecule has 0 unspecified atom stereocenters. The van der Waals surface area contributed by atoms with Gasteiger partial charge in [0.2, 0.25) is 0 Å². The molecule has 1 saturated heterocycles. The normalized spacial score (nSPS) is 20.0. The Morgan fingerprint density at radius 2 is 1.74 bits per heavy atom. The van der Waals surface area contributed by atoms with Crippen LogP contribution in [0.1, 0.15) is 42.7 Å². The van der Waals surface area contributed by atoms with Crippen molar-refractivity contribution in [2.24, 2.45) is 0 Å². The molecular formula is C20H28N6S. The van der Waals surface area contributed by atoms with Gasteiger partial charge in [0.15, 0.2) is 5.13 Å². The minimum atomic E-state index is 0.575. The van der Waals surface area contributed by atoms with Gasteiger partial charge in [-0.2, -0.15) is 0 Å². The molecule has 3 aliphatic rings. The molecule has 0 bridgehead atoms. The van der Waals surface area contributed by atoms with Gasteiger partial charge < -0.3 is 14.7 Å². The highest BCUT2D eigenvalue weighted by molar-refractivity contribution is 7.15. The fraction of sp³-hybridized carbons (Fsp3) is 0.650. The minimum absolute atomic E-state index is 0.575. The summed E-state index contributed by atoms with van der Waals surface area (Å²) in [6.07, 6.45) is 10.4. The standard InChI is InChI=1S/C20H28N6S/c1-24(2)18-12-19(22-13-21-18)26(14-6-7-14)15-8-10-25(11-9-15)20-23-16-4-3-5-17(16)27-20/h12-15H,3-11H2,1-2H3. The number of aryl methyl sites for hydroxylation is 2. The lowest BCUT2D eigenvalue weighted by atomic mass is 10.0. The van der Waals surface area contributed by atoms with Crippen LogP contribution in [-0.2, 0) is 12.8 Å². The molecule has 2 aliphatic carbocycles. The quantitative estimate of drug-likeness (QED) is 0.789. The van der Waals surface area contributed by atoms with Crippen LogP contribution in [0.4, 0.5) is 16.8 Å². The summed E-state index contributed by atoms with van der Waals surface area (Å²) in [4.78, 5) is 22.6. The Balaban J connectivity index is 1.30. The third-order valence-electron chi connectivity index (χ3n) is 6.01. The van der Waals surface area contributed by atoms with Crippen molar-refractivity contribution >= 4 is 28.1 Å². The van der Waals surface area contributed by atoms with Crippen LogP contribution in [0.5, 0.6) is 0 Å². The van der Waals surface area contributed by atoms with Gasteiger partial charge in [-0.25, -0.2) is 15.0 Å². The molecule has 3 heterocycles. The number of piperidine rings is 1. The Bertz CT molecular complexity index is 785. The Labute approximate surface area is 165 Å². The average molecular weight is 385 g/mol. The first kappa shape index (κ1) is 17.2. The number of nitrogens with zero attached hydrogens (tertiary/aromatic N) is 6. The van der Waals surface area contributed by atoms with Crippen LogP contribution in [0.25, 0.3) is 0 Å². The van der Waals surface area contributed by atoms with E-state index in [1.54, 1.807) is 6.33 Å². The average Bonchev–Trinajstić information content (AvgIpc) is 3.26. The van der Waals surface area contributed by atoms with Crippen molar-refractivity contribution in [2.75, 3.05) is 41.9 Å². The number of thiazole rings is 1. The van der Waals surface area contributed by atoms with Crippen LogP contribution < -0.4 is 14.7 Å². The number of rotatable bonds is 5. The van der Waals surface area contributed by atoms with Crippen molar-refractivity contribution < 1.29 is 0 Å². The summed E-state index contributed by atoms with van der Waals surface area (Å²) in [6.45, 7) is 2.21. The summed E-state index contributed by atoms with van der Waals surface area (Å²) in [5.74, 6) is 2.09. The number of aromatic nitrogens is 3. The minimum Gasteiger partial charge on any atom is -0.363 e. The molecule has 0 radical (unpaired) electrons. The SMILES string of the molecule is CN(C)c1cc(N(C2CC2)C2CCN(c3nc4c(s3)CCC4)CC2)ncn1. The van der Waals surface area contributed by atoms with Gasteiger partial charge in [-0.3, -0.25) is 0 Å². The van der Waals surface area contributed by atoms with Crippen molar-refractivity contribution in [3.63, 3.8) is 0 Å². The number of hydrogen-bond acceptors (Lipinski definition) is 7. The van der Waals surface area contributed by atoms with E-state index in [1.165, 1.54) is 60.6 Å². The lowest BCUT2D eigenvalue weighted by Crippen LogP contribution is -2.46. The van der Waals surface area contributed by atoms with Crippen LogP contribution in [0.3, 0.4) is 0 Å². The molecule has 6 nitrogen and oxygen atoms in total. The molecule has 1 saturated carbocycles. The number of hydrogen-bond donors (Lipinski definition) is 0. The van der Waals surface area contributed by atoms with E-state index in [0.29, 0.717) is 12.1 Å². The second kappa shape index (κ2) is 6.93. The Morgan fingerprint density at radius 1 is 1.00 bits per heavy atom. The molecule has 2 aromatic heterocycles. The first-order chi connectivity index (χ1) is 13.2. The Morgan fingerprint density at radius 3 is 2.44 bits per heavy atom. The summed E-state index contributed by atoms with van der Waals surface area (Å²) in [5, 5.41) is 1.26. The maximum absolute atomic E-state index is 4.93. The highest BCUT2D eigenvalue weighted by atomic mass is 32.1. The maximum Gasteiger partial charge on any atom is 0.185 e. The molecule has 1 aliphatic heterocycles. The van der Waals surface area contributed by atoms with Gasteiger partial charge in [0.1, 0.15) is 18.0 Å². The summed E-state index contributed by atoms with van der Waals surface area (Å²) < 4.78 is 0. The van der Waals surface area contributed by atoms with Crippen LogP contribution in [0.15, 0.2) is 12.4 Å². The fourth-order valence-electron chi connectivity index (χ4n) is 4.40. The van der Waals surface area contributed by atoms with E-state index < -0.39 is 0 Å². The van der Waals surface area contributed by atoms with Gasteiger partial charge in [0.05, 0.1) is 5.69 Å². The van der Waals surface area contributed by atoms with E-state index in [4.69, 9.17) is 4.98 Å². The second-order valence-electron chi connectivity index (χ2n) is 8.21. The fourth-order valence-corrected chi connectivity index (χ4v) is 5.60. The molecule has 0 spiro atoms. The van der Waals surface area contributed by atoms with E-state index >= 15 is 0 Å². The van der Waals surface area contributed by atoms with Gasteiger partial charge >= 0.3 is 0 Å². The largest absolute Gasteiger partial charge is 0.363 e. The van der Waals surface area contributed by atoms with Crippen LogP contribution in [0.2, 0.25) is 0 Å². The van der Waals surface area contributed by atoms with E-state index in [9.17, 15) is 0 Å². The Kier molecular flexibility index (Phi) is 4.42. The van der Waals surface area contributed by atoms with Gasteiger partial charge in [-0.05, 0) is 44.9 Å². The molecule has 0 N–H and O–H groups in total. The zero-order valence-electron chi connectivity index (χ0n) is 16.3.